The van der Waals surface area contributed by atoms with Gasteiger partial charge in [0.15, 0.2) is 0 Å². The zero-order chi connectivity index (χ0) is 15.2. The van der Waals surface area contributed by atoms with Crippen molar-refractivity contribution in [1.29, 1.82) is 0 Å². The molecule has 1 aromatic carbocycles. The molecule has 0 bridgehead atoms. The molecule has 0 heterocycles. The molecule has 1 atom stereocenters. The van der Waals surface area contributed by atoms with Crippen LogP contribution in [0, 0.1) is 18.8 Å². The summed E-state index contributed by atoms with van der Waals surface area (Å²) in [6.45, 7) is 4.40. The standard InChI is InChI=1S/C19H29ClO/c1-4-5-6-15-8-10-16(11-9-15)19(20)17-13-14(2)7-12-18(17)21-3/h7,12-13,15-16,19H,4-6,8-11H2,1-3H3. The molecule has 0 spiro atoms. The molecule has 21 heavy (non-hydrogen) atoms. The van der Waals surface area contributed by atoms with E-state index in [9.17, 15) is 0 Å². The highest BCUT2D eigenvalue weighted by molar-refractivity contribution is 6.21. The third-order valence-corrected chi connectivity index (χ3v) is 5.54. The Balaban J connectivity index is 1.98. The number of halogens is 1. The smallest absolute Gasteiger partial charge is 0.123 e. The van der Waals surface area contributed by atoms with Crippen molar-refractivity contribution in [1.82, 2.24) is 0 Å². The van der Waals surface area contributed by atoms with Crippen LogP contribution < -0.4 is 4.74 Å². The molecule has 1 aliphatic rings. The van der Waals surface area contributed by atoms with Crippen molar-refractivity contribution in [2.75, 3.05) is 7.11 Å². The lowest BCUT2D eigenvalue weighted by Crippen LogP contribution is -2.18. The van der Waals surface area contributed by atoms with Gasteiger partial charge in [-0.2, -0.15) is 0 Å². The van der Waals surface area contributed by atoms with E-state index < -0.39 is 0 Å². The normalized spacial score (nSPS) is 23.8. The second kappa shape index (κ2) is 8.08. The van der Waals surface area contributed by atoms with Crippen molar-refractivity contribution in [3.63, 3.8) is 0 Å². The van der Waals surface area contributed by atoms with Crippen LogP contribution in [0.1, 0.15) is 68.4 Å². The maximum absolute atomic E-state index is 6.81. The van der Waals surface area contributed by atoms with Crippen LogP contribution in [-0.4, -0.2) is 7.11 Å². The van der Waals surface area contributed by atoms with E-state index in [-0.39, 0.29) is 5.38 Å². The van der Waals surface area contributed by atoms with E-state index in [1.54, 1.807) is 7.11 Å². The number of unbranched alkanes of at least 4 members (excludes halogenated alkanes) is 1. The summed E-state index contributed by atoms with van der Waals surface area (Å²) in [5.74, 6) is 2.47. The van der Waals surface area contributed by atoms with Crippen LogP contribution in [0.4, 0.5) is 0 Å². The predicted octanol–water partition coefficient (Wildman–Crippen LogP) is 6.28. The second-order valence-electron chi connectivity index (χ2n) is 6.57. The molecule has 1 nitrogen and oxygen atoms in total. The maximum atomic E-state index is 6.81. The first-order valence-corrected chi connectivity index (χ1v) is 8.88. The van der Waals surface area contributed by atoms with Crippen molar-refractivity contribution < 1.29 is 4.74 Å². The number of aryl methyl sites for hydroxylation is 1. The topological polar surface area (TPSA) is 9.23 Å². The van der Waals surface area contributed by atoms with Gasteiger partial charge in [-0.3, -0.25) is 0 Å². The summed E-state index contributed by atoms with van der Waals surface area (Å²) in [6, 6.07) is 6.33. The van der Waals surface area contributed by atoms with Crippen LogP contribution in [0.5, 0.6) is 5.75 Å². The van der Waals surface area contributed by atoms with E-state index in [4.69, 9.17) is 16.3 Å². The summed E-state index contributed by atoms with van der Waals surface area (Å²) in [7, 11) is 1.74. The highest BCUT2D eigenvalue weighted by Crippen LogP contribution is 2.44. The van der Waals surface area contributed by atoms with Gasteiger partial charge >= 0.3 is 0 Å². The van der Waals surface area contributed by atoms with Gasteiger partial charge in [0.2, 0.25) is 0 Å². The summed E-state index contributed by atoms with van der Waals surface area (Å²) in [6.07, 6.45) is 9.33. The Morgan fingerprint density at radius 1 is 1.24 bits per heavy atom. The van der Waals surface area contributed by atoms with E-state index in [0.717, 1.165) is 11.7 Å². The molecule has 1 unspecified atom stereocenters. The van der Waals surface area contributed by atoms with Crippen LogP contribution in [0.15, 0.2) is 18.2 Å². The third kappa shape index (κ3) is 4.39. The number of methoxy groups -OCH3 is 1. The summed E-state index contributed by atoms with van der Waals surface area (Å²) >= 11 is 6.81. The maximum Gasteiger partial charge on any atom is 0.123 e. The zero-order valence-corrected chi connectivity index (χ0v) is 14.5. The molecule has 1 fully saturated rings. The van der Waals surface area contributed by atoms with Gasteiger partial charge in [-0.15, -0.1) is 11.6 Å². The van der Waals surface area contributed by atoms with Gasteiger partial charge < -0.3 is 4.74 Å². The highest BCUT2D eigenvalue weighted by atomic mass is 35.5. The van der Waals surface area contributed by atoms with E-state index in [1.165, 1.54) is 56.1 Å². The molecule has 2 rings (SSSR count). The molecule has 118 valence electrons. The first-order valence-electron chi connectivity index (χ1n) is 8.44. The van der Waals surface area contributed by atoms with Crippen LogP contribution in [-0.2, 0) is 0 Å². The Hall–Kier alpha value is -0.690. The Bertz CT molecular complexity index is 435. The predicted molar refractivity (Wildman–Crippen MR) is 91.3 cm³/mol. The Morgan fingerprint density at radius 2 is 1.95 bits per heavy atom. The van der Waals surface area contributed by atoms with Crippen molar-refractivity contribution in [3.05, 3.63) is 29.3 Å². The lowest BCUT2D eigenvalue weighted by molar-refractivity contribution is 0.252. The van der Waals surface area contributed by atoms with Crippen LogP contribution in [0.3, 0.4) is 0 Å². The average molecular weight is 309 g/mol. The van der Waals surface area contributed by atoms with Crippen molar-refractivity contribution in [2.45, 2.75) is 64.2 Å². The van der Waals surface area contributed by atoms with E-state index in [1.807, 2.05) is 6.07 Å². The largest absolute Gasteiger partial charge is 0.496 e. The average Bonchev–Trinajstić information content (AvgIpc) is 2.52. The van der Waals surface area contributed by atoms with Gasteiger partial charge in [-0.1, -0.05) is 56.7 Å². The van der Waals surface area contributed by atoms with E-state index in [2.05, 4.69) is 26.0 Å². The molecular formula is C19H29ClO. The molecule has 0 saturated heterocycles. The van der Waals surface area contributed by atoms with Crippen LogP contribution in [0.25, 0.3) is 0 Å². The number of hydrogen-bond acceptors (Lipinski definition) is 1. The minimum atomic E-state index is 0.0898. The molecular weight excluding hydrogens is 280 g/mol. The zero-order valence-electron chi connectivity index (χ0n) is 13.7. The Kier molecular flexibility index (Phi) is 6.41. The lowest BCUT2D eigenvalue weighted by atomic mass is 9.77. The molecule has 1 aromatic rings. The van der Waals surface area contributed by atoms with Gasteiger partial charge in [0.05, 0.1) is 12.5 Å². The summed E-state index contributed by atoms with van der Waals surface area (Å²) in [4.78, 5) is 0. The van der Waals surface area contributed by atoms with Gasteiger partial charge in [-0.05, 0) is 37.7 Å². The number of hydrogen-bond donors (Lipinski definition) is 0. The fraction of sp³-hybridized carbons (Fsp3) is 0.684. The lowest BCUT2D eigenvalue weighted by Gasteiger charge is -2.32. The Morgan fingerprint density at radius 3 is 2.57 bits per heavy atom. The summed E-state index contributed by atoms with van der Waals surface area (Å²) in [5.41, 5.74) is 2.43. The fourth-order valence-corrected chi connectivity index (χ4v) is 4.01. The summed E-state index contributed by atoms with van der Waals surface area (Å²) in [5, 5.41) is 0.0898. The minimum Gasteiger partial charge on any atom is -0.496 e. The van der Waals surface area contributed by atoms with Crippen molar-refractivity contribution in [3.8, 4) is 5.75 Å². The fourth-order valence-electron chi connectivity index (χ4n) is 3.59. The number of ether oxygens (including phenoxy) is 1. The molecule has 0 radical (unpaired) electrons. The van der Waals surface area contributed by atoms with Crippen LogP contribution in [0.2, 0.25) is 0 Å². The minimum absolute atomic E-state index is 0.0898. The molecule has 1 aliphatic carbocycles. The van der Waals surface area contributed by atoms with E-state index in [0.29, 0.717) is 5.92 Å². The first kappa shape index (κ1) is 16.7. The number of benzene rings is 1. The van der Waals surface area contributed by atoms with Gasteiger partial charge in [-0.25, -0.2) is 0 Å². The monoisotopic (exact) mass is 308 g/mol. The molecule has 0 N–H and O–H groups in total. The molecule has 0 aliphatic heterocycles. The van der Waals surface area contributed by atoms with Crippen molar-refractivity contribution in [2.24, 2.45) is 11.8 Å². The van der Waals surface area contributed by atoms with Gasteiger partial charge in [0.1, 0.15) is 5.75 Å². The quantitative estimate of drug-likeness (QED) is 0.562. The van der Waals surface area contributed by atoms with Crippen molar-refractivity contribution >= 4 is 11.6 Å². The Labute approximate surface area is 135 Å². The molecule has 0 amide bonds. The van der Waals surface area contributed by atoms with Crippen LogP contribution >= 0.6 is 11.6 Å². The number of alkyl halides is 1. The highest BCUT2D eigenvalue weighted by Gasteiger charge is 2.28. The van der Waals surface area contributed by atoms with Gasteiger partial charge in [0.25, 0.3) is 0 Å². The molecule has 0 aromatic heterocycles. The summed E-state index contributed by atoms with van der Waals surface area (Å²) < 4.78 is 5.50. The molecule has 1 saturated carbocycles. The third-order valence-electron chi connectivity index (χ3n) is 4.95. The first-order chi connectivity index (χ1) is 10.2. The second-order valence-corrected chi connectivity index (χ2v) is 7.04. The molecule has 2 heteroatoms. The van der Waals surface area contributed by atoms with Gasteiger partial charge in [0, 0.05) is 5.56 Å². The number of rotatable bonds is 6. The SMILES string of the molecule is CCCCC1CCC(C(Cl)c2cc(C)ccc2OC)CC1. The van der Waals surface area contributed by atoms with E-state index >= 15 is 0 Å².